The first-order chi connectivity index (χ1) is 27.6. The number of halogens is 3. The highest BCUT2D eigenvalue weighted by Crippen LogP contribution is 2.47. The van der Waals surface area contributed by atoms with E-state index in [1.54, 1.807) is 49.2 Å². The lowest BCUT2D eigenvalue weighted by Crippen LogP contribution is -2.36. The number of amides is 2. The molecule has 58 heavy (non-hydrogen) atoms. The minimum absolute atomic E-state index is 0.0273. The van der Waals surface area contributed by atoms with Gasteiger partial charge in [0.05, 0.1) is 45.1 Å². The smallest absolute Gasteiger partial charge is 0.410 e. The van der Waals surface area contributed by atoms with Gasteiger partial charge in [-0.3, -0.25) is 9.78 Å². The van der Waals surface area contributed by atoms with E-state index in [-0.39, 0.29) is 57.9 Å². The number of aliphatic hydroxyl groups is 1. The average Bonchev–Trinajstić information content (AvgIpc) is 3.52. The van der Waals surface area contributed by atoms with E-state index in [0.717, 1.165) is 36.8 Å². The van der Waals surface area contributed by atoms with Crippen molar-refractivity contribution in [3.05, 3.63) is 81.5 Å². The van der Waals surface area contributed by atoms with E-state index in [1.807, 2.05) is 37.8 Å². The SMILES string of the molecule is CC(C)(C)OC(=O)N1CCC(n2c(C3CCCN3C(=O)C3CC3)cc3c(-c4ccc(C(C)(C)O)nc4)nc4c(F)c(-c5cccc(Cl)c5Cl)c(CCC#N)cc4c32)C1. The van der Waals surface area contributed by atoms with Crippen LogP contribution in [0.5, 0.6) is 0 Å². The van der Waals surface area contributed by atoms with Gasteiger partial charge in [0.2, 0.25) is 5.91 Å². The summed E-state index contributed by atoms with van der Waals surface area (Å²) in [7, 11) is 0. The fraction of sp³-hybridized carbons (Fsp3) is 0.444. The number of ether oxygens (including phenoxy) is 1. The lowest BCUT2D eigenvalue weighted by molar-refractivity contribution is -0.133. The van der Waals surface area contributed by atoms with Crippen LogP contribution >= 0.6 is 23.2 Å². The van der Waals surface area contributed by atoms with Crippen LogP contribution in [0.25, 0.3) is 44.2 Å². The first kappa shape index (κ1) is 40.0. The number of rotatable bonds is 8. The second kappa shape index (κ2) is 15.1. The van der Waals surface area contributed by atoms with E-state index in [0.29, 0.717) is 65.0 Å². The predicted octanol–water partition coefficient (Wildman–Crippen LogP) is 10.3. The molecule has 302 valence electrons. The highest BCUT2D eigenvalue weighted by atomic mass is 35.5. The number of benzene rings is 2. The number of aromatic nitrogens is 3. The van der Waals surface area contributed by atoms with E-state index in [2.05, 4.69) is 21.7 Å². The molecule has 0 bridgehead atoms. The van der Waals surface area contributed by atoms with Gasteiger partial charge < -0.3 is 24.2 Å². The molecule has 3 aliphatic rings. The third-order valence-electron chi connectivity index (χ3n) is 11.5. The largest absolute Gasteiger partial charge is 0.444 e. The first-order valence-electron chi connectivity index (χ1n) is 20.0. The Morgan fingerprint density at radius 1 is 1.03 bits per heavy atom. The topological polar surface area (TPSA) is 125 Å². The number of carbonyl (C=O) groups is 2. The number of hydrogen-bond donors (Lipinski definition) is 1. The molecule has 0 radical (unpaired) electrons. The molecule has 2 atom stereocenters. The Labute approximate surface area is 347 Å². The van der Waals surface area contributed by atoms with E-state index in [4.69, 9.17) is 32.9 Å². The van der Waals surface area contributed by atoms with E-state index >= 15 is 4.39 Å². The Hall–Kier alpha value is -4.76. The molecule has 1 aliphatic carbocycles. The Kier molecular flexibility index (Phi) is 10.4. The molecular formula is C45H47Cl2FN6O4. The normalized spacial score (nSPS) is 18.7. The third kappa shape index (κ3) is 7.40. The minimum Gasteiger partial charge on any atom is -0.444 e. The van der Waals surface area contributed by atoms with Crippen molar-refractivity contribution in [2.75, 3.05) is 19.6 Å². The van der Waals surface area contributed by atoms with Crippen LogP contribution in [0.15, 0.2) is 48.7 Å². The Bertz CT molecular complexity index is 2500. The molecule has 8 rings (SSSR count). The number of nitrogens with zero attached hydrogens (tertiary/aromatic N) is 6. The fourth-order valence-electron chi connectivity index (χ4n) is 8.64. The zero-order valence-electron chi connectivity index (χ0n) is 33.4. The molecule has 3 fully saturated rings. The van der Waals surface area contributed by atoms with Crippen LogP contribution in [0.2, 0.25) is 10.0 Å². The summed E-state index contributed by atoms with van der Waals surface area (Å²) >= 11 is 13.3. The van der Waals surface area contributed by atoms with Gasteiger partial charge in [-0.05, 0) is 109 Å². The predicted molar refractivity (Wildman–Crippen MR) is 223 cm³/mol. The van der Waals surface area contributed by atoms with Crippen molar-refractivity contribution >= 4 is 57.0 Å². The number of carbonyl (C=O) groups excluding carboxylic acids is 2. The van der Waals surface area contributed by atoms with Crippen molar-refractivity contribution in [3.63, 3.8) is 0 Å². The molecule has 2 aliphatic heterocycles. The molecule has 5 aromatic rings. The summed E-state index contributed by atoms with van der Waals surface area (Å²) in [6.07, 6.45) is 5.56. The summed E-state index contributed by atoms with van der Waals surface area (Å²) in [6.45, 7) is 10.3. The van der Waals surface area contributed by atoms with Crippen molar-refractivity contribution in [1.82, 2.24) is 24.3 Å². The fourth-order valence-corrected chi connectivity index (χ4v) is 9.04. The molecule has 0 spiro atoms. The number of likely N-dealkylation sites (tertiary alicyclic amines) is 2. The van der Waals surface area contributed by atoms with Gasteiger partial charge in [0.25, 0.3) is 0 Å². The Morgan fingerprint density at radius 2 is 1.81 bits per heavy atom. The van der Waals surface area contributed by atoms with Gasteiger partial charge in [-0.15, -0.1) is 0 Å². The summed E-state index contributed by atoms with van der Waals surface area (Å²) < 4.78 is 25.8. The molecule has 13 heteroatoms. The quantitative estimate of drug-likeness (QED) is 0.165. The monoisotopic (exact) mass is 824 g/mol. The Balaban J connectivity index is 1.44. The summed E-state index contributed by atoms with van der Waals surface area (Å²) in [5.41, 5.74) is 2.56. The van der Waals surface area contributed by atoms with Gasteiger partial charge >= 0.3 is 6.09 Å². The molecule has 2 aromatic carbocycles. The maximum atomic E-state index is 17.8. The van der Waals surface area contributed by atoms with Gasteiger partial charge in [0, 0.05) is 71.3 Å². The third-order valence-corrected chi connectivity index (χ3v) is 12.3. The molecular weight excluding hydrogens is 778 g/mol. The van der Waals surface area contributed by atoms with Crippen molar-refractivity contribution in [1.29, 1.82) is 5.26 Å². The van der Waals surface area contributed by atoms with Gasteiger partial charge in [0.1, 0.15) is 16.7 Å². The zero-order chi connectivity index (χ0) is 41.3. The highest BCUT2D eigenvalue weighted by Gasteiger charge is 2.42. The standard InChI is InChI=1S/C45H47Cl2FN6O4/c1-44(2,3)58-43(56)52-20-17-28(24-52)54-34(33-12-8-19-53(33)42(55)25-13-14-25)22-31-39(27-15-16-35(50-23-27)45(4,5)57)51-40-30(41(31)54)21-26(9-7-18-49)36(38(40)48)29-10-6-11-32(46)37(29)47/h6,10-11,15-16,21-23,25,28,33,57H,7-9,12-14,17,19-20,24H2,1-5H3. The number of fused-ring (bicyclic) bond motifs is 3. The van der Waals surface area contributed by atoms with Crippen LogP contribution in [-0.2, 0) is 21.6 Å². The van der Waals surface area contributed by atoms with E-state index in [1.165, 1.54) is 0 Å². The molecule has 2 amide bonds. The molecule has 2 unspecified atom stereocenters. The lowest BCUT2D eigenvalue weighted by atomic mass is 9.92. The van der Waals surface area contributed by atoms with Crippen LogP contribution in [-0.4, -0.2) is 66.7 Å². The average molecular weight is 826 g/mol. The molecule has 5 heterocycles. The Morgan fingerprint density at radius 3 is 2.48 bits per heavy atom. The molecule has 2 saturated heterocycles. The highest BCUT2D eigenvalue weighted by molar-refractivity contribution is 6.43. The molecule has 3 aromatic heterocycles. The van der Waals surface area contributed by atoms with E-state index in [9.17, 15) is 20.0 Å². The van der Waals surface area contributed by atoms with Gasteiger partial charge in [-0.25, -0.2) is 14.2 Å². The maximum Gasteiger partial charge on any atom is 0.410 e. The number of hydrogen-bond acceptors (Lipinski definition) is 7. The number of aryl methyl sites for hydroxylation is 1. The van der Waals surface area contributed by atoms with Gasteiger partial charge in [-0.1, -0.05) is 35.3 Å². The summed E-state index contributed by atoms with van der Waals surface area (Å²) in [6, 6.07) is 14.4. The summed E-state index contributed by atoms with van der Waals surface area (Å²) in [4.78, 5) is 40.8. The second-order valence-electron chi connectivity index (χ2n) is 17.4. The second-order valence-corrected chi connectivity index (χ2v) is 18.2. The molecule has 1 N–H and O–H groups in total. The van der Waals surface area contributed by atoms with Crippen molar-refractivity contribution in [2.24, 2.45) is 5.92 Å². The van der Waals surface area contributed by atoms with Crippen LogP contribution in [0, 0.1) is 23.1 Å². The van der Waals surface area contributed by atoms with Crippen molar-refractivity contribution in [2.45, 2.75) is 103 Å². The maximum absolute atomic E-state index is 17.8. The molecule has 10 nitrogen and oxygen atoms in total. The summed E-state index contributed by atoms with van der Waals surface area (Å²) in [5, 5.41) is 22.2. The van der Waals surface area contributed by atoms with Crippen LogP contribution in [0.4, 0.5) is 9.18 Å². The minimum atomic E-state index is -1.19. The number of pyridine rings is 2. The van der Waals surface area contributed by atoms with Crippen molar-refractivity contribution < 1.29 is 23.8 Å². The zero-order valence-corrected chi connectivity index (χ0v) is 34.9. The summed E-state index contributed by atoms with van der Waals surface area (Å²) in [5.74, 6) is -0.426. The first-order valence-corrected chi connectivity index (χ1v) is 20.8. The lowest BCUT2D eigenvalue weighted by Gasteiger charge is -2.29. The van der Waals surface area contributed by atoms with Gasteiger partial charge in [0.15, 0.2) is 5.82 Å². The van der Waals surface area contributed by atoms with Crippen LogP contribution in [0.1, 0.15) is 102 Å². The van der Waals surface area contributed by atoms with Crippen LogP contribution in [0.3, 0.4) is 0 Å². The van der Waals surface area contributed by atoms with Crippen molar-refractivity contribution in [3.8, 4) is 28.5 Å². The van der Waals surface area contributed by atoms with E-state index < -0.39 is 23.1 Å². The van der Waals surface area contributed by atoms with Gasteiger partial charge in [-0.2, -0.15) is 5.26 Å². The van der Waals surface area contributed by atoms with Crippen LogP contribution < -0.4 is 0 Å². The molecule has 1 saturated carbocycles. The number of nitriles is 1.